The number of rotatable bonds is 2. The zero-order valence-corrected chi connectivity index (χ0v) is 10.6. The molecule has 3 nitrogen and oxygen atoms in total. The maximum Gasteiger partial charge on any atom is 0.265 e. The standard InChI is InChI=1S/C8H3BrClF2NO2S/c9-6-2-1-4(8(11)12)7(5(6)3-13)16(10,14)15/h1-2,8H. The highest BCUT2D eigenvalue weighted by Gasteiger charge is 2.27. The van der Waals surface area contributed by atoms with Crippen molar-refractivity contribution in [1.82, 2.24) is 0 Å². The van der Waals surface area contributed by atoms with Crippen LogP contribution < -0.4 is 0 Å². The fourth-order valence-corrected chi connectivity index (χ4v) is 3.00. The number of halogens is 4. The fraction of sp³-hybridized carbons (Fsp3) is 0.125. The van der Waals surface area contributed by atoms with E-state index in [1.165, 1.54) is 12.1 Å². The summed E-state index contributed by atoms with van der Waals surface area (Å²) in [4.78, 5) is -0.846. The summed E-state index contributed by atoms with van der Waals surface area (Å²) < 4.78 is 47.5. The molecular formula is C8H3BrClF2NO2S. The summed E-state index contributed by atoms with van der Waals surface area (Å²) in [6.07, 6.45) is -3.02. The van der Waals surface area contributed by atoms with Crippen LogP contribution in [0.4, 0.5) is 8.78 Å². The zero-order valence-electron chi connectivity index (χ0n) is 7.42. The third kappa shape index (κ3) is 2.51. The third-order valence-corrected chi connectivity index (χ3v) is 3.78. The number of hydrogen-bond acceptors (Lipinski definition) is 3. The van der Waals surface area contributed by atoms with Crippen molar-refractivity contribution in [3.05, 3.63) is 27.7 Å². The van der Waals surface area contributed by atoms with E-state index in [4.69, 9.17) is 15.9 Å². The number of nitrogens with zero attached hydrogens (tertiary/aromatic N) is 1. The van der Waals surface area contributed by atoms with E-state index in [1.807, 2.05) is 0 Å². The Bertz CT molecular complexity index is 568. The van der Waals surface area contributed by atoms with Gasteiger partial charge in [-0.3, -0.25) is 0 Å². The highest BCUT2D eigenvalue weighted by Crippen LogP contribution is 2.34. The molecule has 0 fully saturated rings. The predicted molar refractivity (Wildman–Crippen MR) is 56.9 cm³/mol. The van der Waals surface area contributed by atoms with Gasteiger partial charge in [0.25, 0.3) is 15.5 Å². The summed E-state index contributed by atoms with van der Waals surface area (Å²) in [6.45, 7) is 0. The van der Waals surface area contributed by atoms with Crippen molar-refractivity contribution in [3.63, 3.8) is 0 Å². The first-order valence-electron chi connectivity index (χ1n) is 3.74. The molecule has 86 valence electrons. The number of hydrogen-bond donors (Lipinski definition) is 0. The largest absolute Gasteiger partial charge is 0.265 e. The molecule has 0 radical (unpaired) electrons. The quantitative estimate of drug-likeness (QED) is 0.783. The molecule has 1 aromatic carbocycles. The summed E-state index contributed by atoms with van der Waals surface area (Å²) in [5.41, 5.74) is -1.21. The van der Waals surface area contributed by atoms with Crippen LogP contribution in [0.3, 0.4) is 0 Å². The lowest BCUT2D eigenvalue weighted by atomic mass is 10.1. The molecule has 0 bridgehead atoms. The van der Waals surface area contributed by atoms with Gasteiger partial charge in [0.15, 0.2) is 0 Å². The highest BCUT2D eigenvalue weighted by molar-refractivity contribution is 9.10. The van der Waals surface area contributed by atoms with E-state index in [-0.39, 0.29) is 4.47 Å². The van der Waals surface area contributed by atoms with Gasteiger partial charge in [-0.15, -0.1) is 0 Å². The Kier molecular flexibility index (Phi) is 3.88. The van der Waals surface area contributed by atoms with Crippen molar-refractivity contribution in [2.24, 2.45) is 0 Å². The first-order chi connectivity index (χ1) is 7.29. The SMILES string of the molecule is N#Cc1c(Br)ccc(C(F)F)c1S(=O)(=O)Cl. The lowest BCUT2D eigenvalue weighted by molar-refractivity contribution is 0.148. The Balaban J connectivity index is 3.77. The summed E-state index contributed by atoms with van der Waals surface area (Å²) in [5.74, 6) is 0. The van der Waals surface area contributed by atoms with E-state index in [9.17, 15) is 17.2 Å². The third-order valence-electron chi connectivity index (χ3n) is 1.73. The maximum absolute atomic E-state index is 12.6. The van der Waals surface area contributed by atoms with E-state index in [1.54, 1.807) is 0 Å². The smallest absolute Gasteiger partial charge is 0.207 e. The molecule has 0 heterocycles. The van der Waals surface area contributed by atoms with E-state index in [2.05, 4.69) is 15.9 Å². The van der Waals surface area contributed by atoms with Gasteiger partial charge in [0, 0.05) is 20.7 Å². The number of nitriles is 1. The minimum Gasteiger partial charge on any atom is -0.207 e. The number of alkyl halides is 2. The molecule has 0 unspecified atom stereocenters. The van der Waals surface area contributed by atoms with E-state index >= 15 is 0 Å². The van der Waals surface area contributed by atoms with Crippen molar-refractivity contribution in [3.8, 4) is 6.07 Å². The first-order valence-corrected chi connectivity index (χ1v) is 6.84. The molecule has 0 aromatic heterocycles. The minimum absolute atomic E-state index is 0.0959. The molecule has 0 saturated heterocycles. The van der Waals surface area contributed by atoms with Gasteiger partial charge in [-0.2, -0.15) is 5.26 Å². The Labute approximate surface area is 103 Å². The molecule has 1 aromatic rings. The van der Waals surface area contributed by atoms with Crippen molar-refractivity contribution >= 4 is 35.7 Å². The lowest BCUT2D eigenvalue weighted by Gasteiger charge is -2.08. The molecule has 8 heteroatoms. The highest BCUT2D eigenvalue weighted by atomic mass is 79.9. The number of benzene rings is 1. The minimum atomic E-state index is -4.40. The van der Waals surface area contributed by atoms with Gasteiger partial charge in [0.1, 0.15) is 11.0 Å². The van der Waals surface area contributed by atoms with Gasteiger partial charge in [0.05, 0.1) is 5.56 Å². The Morgan fingerprint density at radius 3 is 2.38 bits per heavy atom. The van der Waals surface area contributed by atoms with Crippen LogP contribution in [-0.2, 0) is 9.05 Å². The van der Waals surface area contributed by atoms with Gasteiger partial charge in [-0.05, 0) is 22.0 Å². The zero-order chi connectivity index (χ0) is 12.5. The van der Waals surface area contributed by atoms with Gasteiger partial charge in [0.2, 0.25) is 0 Å². The van der Waals surface area contributed by atoms with Crippen LogP contribution in [0.2, 0.25) is 0 Å². The maximum atomic E-state index is 12.6. The van der Waals surface area contributed by atoms with Crippen LogP contribution in [0, 0.1) is 11.3 Å². The normalized spacial score (nSPS) is 11.5. The summed E-state index contributed by atoms with van der Waals surface area (Å²) >= 11 is 2.89. The molecule has 1 rings (SSSR count). The molecule has 0 spiro atoms. The molecule has 0 atom stereocenters. The molecule has 0 aliphatic heterocycles. The topological polar surface area (TPSA) is 57.9 Å². The monoisotopic (exact) mass is 329 g/mol. The van der Waals surface area contributed by atoms with E-state index < -0.39 is 31.5 Å². The lowest BCUT2D eigenvalue weighted by Crippen LogP contribution is -2.03. The summed E-state index contributed by atoms with van der Waals surface area (Å²) in [6, 6.07) is 3.60. The molecule has 0 N–H and O–H groups in total. The van der Waals surface area contributed by atoms with E-state index in [0.717, 1.165) is 6.07 Å². The fourth-order valence-electron chi connectivity index (χ4n) is 1.11. The van der Waals surface area contributed by atoms with Crippen LogP contribution in [0.15, 0.2) is 21.5 Å². The van der Waals surface area contributed by atoms with Gasteiger partial charge < -0.3 is 0 Å². The van der Waals surface area contributed by atoms with Gasteiger partial charge in [-0.1, -0.05) is 6.07 Å². The van der Waals surface area contributed by atoms with Crippen LogP contribution in [0.25, 0.3) is 0 Å². The second kappa shape index (κ2) is 4.65. The molecule has 0 aliphatic carbocycles. The van der Waals surface area contributed by atoms with Crippen molar-refractivity contribution in [2.45, 2.75) is 11.3 Å². The summed E-state index contributed by atoms with van der Waals surface area (Å²) in [5, 5.41) is 8.72. The van der Waals surface area contributed by atoms with Crippen LogP contribution in [0.1, 0.15) is 17.6 Å². The molecule has 0 saturated carbocycles. The van der Waals surface area contributed by atoms with Crippen LogP contribution in [0.5, 0.6) is 0 Å². The second-order valence-electron chi connectivity index (χ2n) is 2.69. The molecule has 16 heavy (non-hydrogen) atoms. The van der Waals surface area contributed by atoms with Crippen LogP contribution in [-0.4, -0.2) is 8.42 Å². The summed E-state index contributed by atoms with van der Waals surface area (Å²) in [7, 11) is 0.627. The Morgan fingerprint density at radius 1 is 1.44 bits per heavy atom. The van der Waals surface area contributed by atoms with Crippen molar-refractivity contribution in [2.75, 3.05) is 0 Å². The van der Waals surface area contributed by atoms with E-state index in [0.29, 0.717) is 0 Å². The average Bonchev–Trinajstić information content (AvgIpc) is 2.15. The first kappa shape index (κ1) is 13.4. The average molecular weight is 331 g/mol. The van der Waals surface area contributed by atoms with Gasteiger partial charge in [-0.25, -0.2) is 17.2 Å². The molecular weight excluding hydrogens is 328 g/mol. The molecule has 0 amide bonds. The Morgan fingerprint density at radius 2 is 2.00 bits per heavy atom. The predicted octanol–water partition coefficient (Wildman–Crippen LogP) is 3.19. The Hall–Kier alpha value is -0.710. The van der Waals surface area contributed by atoms with Crippen LogP contribution >= 0.6 is 26.6 Å². The van der Waals surface area contributed by atoms with Crippen molar-refractivity contribution < 1.29 is 17.2 Å². The molecule has 0 aliphatic rings. The van der Waals surface area contributed by atoms with Crippen molar-refractivity contribution in [1.29, 1.82) is 5.26 Å². The second-order valence-corrected chi connectivity index (χ2v) is 6.05. The van der Waals surface area contributed by atoms with Gasteiger partial charge >= 0.3 is 0 Å².